The number of carbonyl (C=O) groups excluding carboxylic acids is 2. The van der Waals surface area contributed by atoms with Gasteiger partial charge in [0, 0.05) is 13.1 Å². The molecule has 1 fully saturated rings. The monoisotopic (exact) mass is 229 g/mol. The van der Waals surface area contributed by atoms with E-state index >= 15 is 0 Å². The second-order valence-electron chi connectivity index (χ2n) is 3.86. The van der Waals surface area contributed by atoms with E-state index in [2.05, 4.69) is 0 Å². The molecule has 0 amide bonds. The fourth-order valence-corrected chi connectivity index (χ4v) is 2.23. The van der Waals surface area contributed by atoms with Gasteiger partial charge in [-0.05, 0) is 13.3 Å². The van der Waals surface area contributed by atoms with Gasteiger partial charge < -0.3 is 9.47 Å². The highest BCUT2D eigenvalue weighted by Crippen LogP contribution is 2.24. The molecular weight excluding hydrogens is 210 g/mol. The van der Waals surface area contributed by atoms with Gasteiger partial charge in [-0.3, -0.25) is 9.69 Å². The average Bonchev–Trinajstić information content (AvgIpc) is 2.31. The molecule has 92 valence electrons. The SMILES string of the molecule is CCC(C(C)=O)(C(=O)OC)N1CCOCC1. The van der Waals surface area contributed by atoms with Crippen molar-refractivity contribution in [2.45, 2.75) is 25.8 Å². The fraction of sp³-hybridized carbons (Fsp3) is 0.818. The van der Waals surface area contributed by atoms with E-state index in [4.69, 9.17) is 9.47 Å². The lowest BCUT2D eigenvalue weighted by Gasteiger charge is -2.40. The summed E-state index contributed by atoms with van der Waals surface area (Å²) in [5.74, 6) is -0.631. The van der Waals surface area contributed by atoms with Crippen LogP contribution in [0.2, 0.25) is 0 Å². The highest BCUT2D eigenvalue weighted by molar-refractivity contribution is 6.07. The molecule has 0 aliphatic carbocycles. The van der Waals surface area contributed by atoms with E-state index in [9.17, 15) is 9.59 Å². The van der Waals surface area contributed by atoms with Crippen molar-refractivity contribution in [3.8, 4) is 0 Å². The smallest absolute Gasteiger partial charge is 0.334 e. The first-order valence-electron chi connectivity index (χ1n) is 5.51. The number of nitrogens with zero attached hydrogens (tertiary/aromatic N) is 1. The van der Waals surface area contributed by atoms with Crippen LogP contribution >= 0.6 is 0 Å². The van der Waals surface area contributed by atoms with Crippen LogP contribution in [0.25, 0.3) is 0 Å². The van der Waals surface area contributed by atoms with Gasteiger partial charge in [0.1, 0.15) is 0 Å². The minimum Gasteiger partial charge on any atom is -0.467 e. The Hall–Kier alpha value is -0.940. The van der Waals surface area contributed by atoms with Crippen molar-refractivity contribution < 1.29 is 19.1 Å². The van der Waals surface area contributed by atoms with Crippen LogP contribution in [0.3, 0.4) is 0 Å². The largest absolute Gasteiger partial charge is 0.467 e. The molecule has 1 atom stereocenters. The molecule has 0 spiro atoms. The number of carbonyl (C=O) groups is 2. The summed E-state index contributed by atoms with van der Waals surface area (Å²) >= 11 is 0. The molecule has 0 saturated carbocycles. The van der Waals surface area contributed by atoms with Crippen molar-refractivity contribution in [2.75, 3.05) is 33.4 Å². The predicted molar refractivity (Wildman–Crippen MR) is 58.1 cm³/mol. The Morgan fingerprint density at radius 3 is 2.31 bits per heavy atom. The number of Topliss-reactive ketones (excluding diaryl/α,β-unsaturated/α-hetero) is 1. The van der Waals surface area contributed by atoms with E-state index in [1.807, 2.05) is 11.8 Å². The Labute approximate surface area is 95.7 Å². The van der Waals surface area contributed by atoms with Gasteiger partial charge in [0.2, 0.25) is 0 Å². The standard InChI is InChI=1S/C11H19NO4/c1-4-11(9(2)13,10(14)15-3)12-5-7-16-8-6-12/h4-8H2,1-3H3. The minimum atomic E-state index is -1.13. The second kappa shape index (κ2) is 5.41. The summed E-state index contributed by atoms with van der Waals surface area (Å²) in [7, 11) is 1.32. The van der Waals surface area contributed by atoms with Crippen molar-refractivity contribution in [2.24, 2.45) is 0 Å². The summed E-state index contributed by atoms with van der Waals surface area (Å²) in [6, 6.07) is 0. The number of ether oxygens (including phenoxy) is 2. The Morgan fingerprint density at radius 1 is 1.38 bits per heavy atom. The van der Waals surface area contributed by atoms with Crippen LogP contribution in [0.1, 0.15) is 20.3 Å². The molecule has 16 heavy (non-hydrogen) atoms. The quantitative estimate of drug-likeness (QED) is 0.510. The molecule has 0 aromatic carbocycles. The average molecular weight is 229 g/mol. The summed E-state index contributed by atoms with van der Waals surface area (Å²) in [5, 5.41) is 0. The van der Waals surface area contributed by atoms with Gasteiger partial charge in [0.05, 0.1) is 20.3 Å². The van der Waals surface area contributed by atoms with Crippen molar-refractivity contribution >= 4 is 11.8 Å². The summed E-state index contributed by atoms with van der Waals surface area (Å²) in [4.78, 5) is 25.6. The van der Waals surface area contributed by atoms with Crippen LogP contribution in [0.4, 0.5) is 0 Å². The van der Waals surface area contributed by atoms with Crippen LogP contribution in [0, 0.1) is 0 Å². The summed E-state index contributed by atoms with van der Waals surface area (Å²) in [5.41, 5.74) is -1.13. The molecule has 1 unspecified atom stereocenters. The number of hydrogen-bond donors (Lipinski definition) is 0. The molecule has 1 aliphatic rings. The highest BCUT2D eigenvalue weighted by Gasteiger charge is 2.48. The molecule has 0 aromatic rings. The van der Waals surface area contributed by atoms with Crippen LogP contribution in [0.15, 0.2) is 0 Å². The summed E-state index contributed by atoms with van der Waals surface area (Å²) < 4.78 is 10.0. The van der Waals surface area contributed by atoms with E-state index in [1.54, 1.807) is 0 Å². The molecule has 5 heteroatoms. The number of esters is 1. The maximum Gasteiger partial charge on any atom is 0.334 e. The van der Waals surface area contributed by atoms with E-state index in [0.717, 1.165) is 0 Å². The van der Waals surface area contributed by atoms with E-state index in [0.29, 0.717) is 32.7 Å². The number of methoxy groups -OCH3 is 1. The second-order valence-corrected chi connectivity index (χ2v) is 3.86. The van der Waals surface area contributed by atoms with Gasteiger partial charge in [-0.15, -0.1) is 0 Å². The minimum absolute atomic E-state index is 0.163. The first kappa shape index (κ1) is 13.1. The molecule has 0 radical (unpaired) electrons. The zero-order valence-corrected chi connectivity index (χ0v) is 10.1. The summed E-state index contributed by atoms with van der Waals surface area (Å²) in [6.45, 7) is 5.53. The lowest BCUT2D eigenvalue weighted by atomic mass is 9.89. The third-order valence-corrected chi connectivity index (χ3v) is 3.17. The van der Waals surface area contributed by atoms with Gasteiger partial charge in [-0.25, -0.2) is 4.79 Å². The van der Waals surface area contributed by atoms with Crippen LogP contribution in [-0.2, 0) is 19.1 Å². The van der Waals surface area contributed by atoms with Gasteiger partial charge in [0.15, 0.2) is 11.3 Å². The van der Waals surface area contributed by atoms with Crippen molar-refractivity contribution in [3.05, 3.63) is 0 Å². The van der Waals surface area contributed by atoms with Crippen molar-refractivity contribution in [1.29, 1.82) is 0 Å². The van der Waals surface area contributed by atoms with E-state index in [-0.39, 0.29) is 5.78 Å². The van der Waals surface area contributed by atoms with Crippen LogP contribution in [0.5, 0.6) is 0 Å². The predicted octanol–water partition coefficient (Wildman–Crippen LogP) is 0.229. The Kier molecular flexibility index (Phi) is 4.44. The highest BCUT2D eigenvalue weighted by atomic mass is 16.5. The first-order valence-corrected chi connectivity index (χ1v) is 5.51. The van der Waals surface area contributed by atoms with Gasteiger partial charge in [-0.2, -0.15) is 0 Å². The van der Waals surface area contributed by atoms with Crippen LogP contribution in [-0.4, -0.2) is 55.6 Å². The van der Waals surface area contributed by atoms with Crippen molar-refractivity contribution in [1.82, 2.24) is 4.90 Å². The maximum atomic E-state index is 11.9. The topological polar surface area (TPSA) is 55.8 Å². The lowest BCUT2D eigenvalue weighted by Crippen LogP contribution is -2.62. The van der Waals surface area contributed by atoms with Gasteiger partial charge in [-0.1, -0.05) is 6.92 Å². The normalized spacial score (nSPS) is 21.2. The molecule has 1 aliphatic heterocycles. The van der Waals surface area contributed by atoms with Gasteiger partial charge >= 0.3 is 5.97 Å². The number of hydrogen-bond acceptors (Lipinski definition) is 5. The Balaban J connectivity index is 3.00. The van der Waals surface area contributed by atoms with E-state index in [1.165, 1.54) is 14.0 Å². The third kappa shape index (κ3) is 2.10. The Bertz CT molecular complexity index is 273. The summed E-state index contributed by atoms with van der Waals surface area (Å²) in [6.07, 6.45) is 0.426. The molecule has 0 aromatic heterocycles. The third-order valence-electron chi connectivity index (χ3n) is 3.17. The molecule has 0 N–H and O–H groups in total. The number of rotatable bonds is 4. The number of morpholine rings is 1. The number of ketones is 1. The molecule has 1 rings (SSSR count). The van der Waals surface area contributed by atoms with E-state index < -0.39 is 11.5 Å². The lowest BCUT2D eigenvalue weighted by molar-refractivity contribution is -0.164. The van der Waals surface area contributed by atoms with Crippen LogP contribution < -0.4 is 0 Å². The zero-order chi connectivity index (χ0) is 12.2. The molecule has 1 heterocycles. The van der Waals surface area contributed by atoms with Crippen molar-refractivity contribution in [3.63, 3.8) is 0 Å². The Morgan fingerprint density at radius 2 is 1.94 bits per heavy atom. The molecule has 5 nitrogen and oxygen atoms in total. The molecule has 1 saturated heterocycles. The zero-order valence-electron chi connectivity index (χ0n) is 10.1. The molecule has 0 bridgehead atoms. The molecular formula is C11H19NO4. The van der Waals surface area contributed by atoms with Gasteiger partial charge in [0.25, 0.3) is 0 Å². The first-order chi connectivity index (χ1) is 7.59. The fourth-order valence-electron chi connectivity index (χ4n) is 2.23. The maximum absolute atomic E-state index is 11.9.